The molecular weight excluding hydrogens is 186 g/mol. The Hall–Kier alpha value is -1.88. The average molecular weight is 195 g/mol. The van der Waals surface area contributed by atoms with E-state index in [4.69, 9.17) is 4.42 Å². The molecule has 1 unspecified atom stereocenters. The summed E-state index contributed by atoms with van der Waals surface area (Å²) in [5.74, 6) is -0.249. The minimum atomic E-state index is -0.985. The first-order valence-electron chi connectivity index (χ1n) is 3.86. The van der Waals surface area contributed by atoms with E-state index in [2.05, 4.69) is 6.58 Å². The summed E-state index contributed by atoms with van der Waals surface area (Å²) in [6.07, 6.45) is 3.44. The first-order chi connectivity index (χ1) is 6.65. The first kappa shape index (κ1) is 10.2. The Bertz CT molecular complexity index is 367. The minimum absolute atomic E-state index is 0.134. The smallest absolute Gasteiger partial charge is 0.403 e. The maximum Gasteiger partial charge on any atom is 0.433 e. The Balaban J connectivity index is 2.80. The number of hydrogen-bond acceptors (Lipinski definition) is 4. The van der Waals surface area contributed by atoms with Crippen LogP contribution in [0.25, 0.3) is 0 Å². The number of nitro groups is 1. The molecule has 0 spiro atoms. The Morgan fingerprint density at radius 3 is 2.86 bits per heavy atom. The second-order valence-corrected chi connectivity index (χ2v) is 2.50. The van der Waals surface area contributed by atoms with E-state index in [-0.39, 0.29) is 11.6 Å². The van der Waals surface area contributed by atoms with Crippen LogP contribution >= 0.6 is 0 Å². The fraction of sp³-hybridized carbons (Fsp3) is 0.111. The minimum Gasteiger partial charge on any atom is -0.403 e. The molecule has 0 fully saturated rings. The van der Waals surface area contributed by atoms with Crippen LogP contribution in [0.5, 0.6) is 0 Å². The van der Waals surface area contributed by atoms with Crippen molar-refractivity contribution < 1.29 is 14.4 Å². The topological polar surface area (TPSA) is 76.5 Å². The van der Waals surface area contributed by atoms with Gasteiger partial charge in [0.05, 0.1) is 6.07 Å². The molecule has 1 atom stereocenters. The second-order valence-electron chi connectivity index (χ2n) is 2.50. The van der Waals surface area contributed by atoms with Crippen molar-refractivity contribution in [3.63, 3.8) is 0 Å². The van der Waals surface area contributed by atoms with E-state index in [9.17, 15) is 15.2 Å². The maximum atomic E-state index is 10.2. The second kappa shape index (κ2) is 4.38. The van der Waals surface area contributed by atoms with Gasteiger partial charge in [-0.3, -0.25) is 10.1 Å². The van der Waals surface area contributed by atoms with Crippen LogP contribution < -0.4 is 0 Å². The normalized spacial score (nSPS) is 12.9. The summed E-state index contributed by atoms with van der Waals surface area (Å²) in [6.45, 7) is 3.42. The number of aliphatic hydroxyl groups is 1. The first-order valence-corrected chi connectivity index (χ1v) is 3.86. The molecule has 74 valence electrons. The number of allylic oxidation sites excluding steroid dienone is 2. The van der Waals surface area contributed by atoms with Crippen molar-refractivity contribution in [2.75, 3.05) is 0 Å². The summed E-state index contributed by atoms with van der Waals surface area (Å²) >= 11 is 0. The zero-order valence-electron chi connectivity index (χ0n) is 7.29. The molecule has 0 aromatic carbocycles. The molecule has 0 aliphatic carbocycles. The van der Waals surface area contributed by atoms with Crippen LogP contribution in [0.3, 0.4) is 0 Å². The van der Waals surface area contributed by atoms with Gasteiger partial charge in [0.25, 0.3) is 0 Å². The highest BCUT2D eigenvalue weighted by atomic mass is 16.6. The van der Waals surface area contributed by atoms with Gasteiger partial charge in [0, 0.05) is 0 Å². The van der Waals surface area contributed by atoms with Crippen molar-refractivity contribution in [1.82, 2.24) is 0 Å². The molecule has 5 heteroatoms. The van der Waals surface area contributed by atoms with E-state index in [0.29, 0.717) is 0 Å². The van der Waals surface area contributed by atoms with E-state index in [1.54, 1.807) is 0 Å². The summed E-state index contributed by atoms with van der Waals surface area (Å²) in [4.78, 5) is 9.59. The molecule has 0 aliphatic rings. The van der Waals surface area contributed by atoms with Crippen molar-refractivity contribution in [3.8, 4) is 0 Å². The molecule has 0 saturated heterocycles. The summed E-state index contributed by atoms with van der Waals surface area (Å²) in [6, 6.07) is 2.55. The van der Waals surface area contributed by atoms with Gasteiger partial charge >= 0.3 is 5.88 Å². The van der Waals surface area contributed by atoms with E-state index in [0.717, 1.165) is 0 Å². The van der Waals surface area contributed by atoms with Crippen molar-refractivity contribution in [3.05, 3.63) is 52.8 Å². The molecule has 0 bridgehead atoms. The number of rotatable bonds is 4. The molecule has 1 aromatic rings. The lowest BCUT2D eigenvalue weighted by Gasteiger charge is -1.98. The largest absolute Gasteiger partial charge is 0.433 e. The molecule has 1 heterocycles. The molecular formula is C9H9NO4. The van der Waals surface area contributed by atoms with Crippen LogP contribution in [0, 0.1) is 10.1 Å². The summed E-state index contributed by atoms with van der Waals surface area (Å²) in [7, 11) is 0. The predicted octanol–water partition coefficient (Wildman–Crippen LogP) is 1.96. The lowest BCUT2D eigenvalue weighted by atomic mass is 10.2. The molecule has 0 radical (unpaired) electrons. The van der Waals surface area contributed by atoms with E-state index >= 15 is 0 Å². The van der Waals surface area contributed by atoms with Gasteiger partial charge in [-0.2, -0.15) is 0 Å². The van der Waals surface area contributed by atoms with Crippen molar-refractivity contribution in [2.24, 2.45) is 0 Å². The highest BCUT2D eigenvalue weighted by molar-refractivity contribution is 5.21. The number of nitrogens with zero attached hydrogens (tertiary/aromatic N) is 1. The molecule has 0 aliphatic heterocycles. The fourth-order valence-electron chi connectivity index (χ4n) is 0.878. The van der Waals surface area contributed by atoms with Crippen LogP contribution in [0.15, 0.2) is 41.4 Å². The highest BCUT2D eigenvalue weighted by Crippen LogP contribution is 2.22. The van der Waals surface area contributed by atoms with Crippen LogP contribution in [0.2, 0.25) is 0 Å². The summed E-state index contributed by atoms with van der Waals surface area (Å²) in [5.41, 5.74) is 0. The Kier molecular flexibility index (Phi) is 3.19. The lowest BCUT2D eigenvalue weighted by Crippen LogP contribution is -1.89. The monoisotopic (exact) mass is 195 g/mol. The van der Waals surface area contributed by atoms with Crippen LogP contribution in [-0.2, 0) is 0 Å². The molecule has 14 heavy (non-hydrogen) atoms. The lowest BCUT2D eigenvalue weighted by molar-refractivity contribution is -0.402. The van der Waals surface area contributed by atoms with Crippen molar-refractivity contribution in [1.29, 1.82) is 0 Å². The quantitative estimate of drug-likeness (QED) is 0.452. The van der Waals surface area contributed by atoms with Gasteiger partial charge < -0.3 is 9.52 Å². The molecule has 1 aromatic heterocycles. The Morgan fingerprint density at radius 2 is 2.36 bits per heavy atom. The zero-order valence-corrected chi connectivity index (χ0v) is 7.29. The molecule has 0 amide bonds. The Morgan fingerprint density at radius 1 is 1.64 bits per heavy atom. The molecule has 5 nitrogen and oxygen atoms in total. The van der Waals surface area contributed by atoms with Gasteiger partial charge in [0.15, 0.2) is 0 Å². The van der Waals surface area contributed by atoms with Crippen LogP contribution in [0.4, 0.5) is 5.88 Å². The van der Waals surface area contributed by atoms with E-state index < -0.39 is 11.0 Å². The van der Waals surface area contributed by atoms with Crippen LogP contribution in [-0.4, -0.2) is 10.0 Å². The third-order valence-corrected chi connectivity index (χ3v) is 1.51. The van der Waals surface area contributed by atoms with Gasteiger partial charge in [-0.05, 0) is 12.1 Å². The molecule has 1 N–H and O–H groups in total. The van der Waals surface area contributed by atoms with E-state index in [1.807, 2.05) is 0 Å². The van der Waals surface area contributed by atoms with Gasteiger partial charge in [0.2, 0.25) is 0 Å². The van der Waals surface area contributed by atoms with Gasteiger partial charge in [0.1, 0.15) is 16.8 Å². The third kappa shape index (κ3) is 2.30. The summed E-state index contributed by atoms with van der Waals surface area (Å²) < 4.78 is 4.77. The maximum absolute atomic E-state index is 10.2. The molecule has 0 saturated carbocycles. The standard InChI is InChI=1S/C9H9NO4/c1-2-3-4-7(11)8-5-6-9(14-8)10(12)13/h2-7,11H,1H2/b4-3+. The molecule has 1 rings (SSSR count). The third-order valence-electron chi connectivity index (χ3n) is 1.51. The van der Waals surface area contributed by atoms with Crippen molar-refractivity contribution in [2.45, 2.75) is 6.10 Å². The average Bonchev–Trinajstić information content (AvgIpc) is 2.62. The number of aliphatic hydroxyl groups excluding tert-OH is 1. The SMILES string of the molecule is C=C/C=C/C(O)c1ccc([N+](=O)[O-])o1. The van der Waals surface area contributed by atoms with Gasteiger partial charge in [-0.15, -0.1) is 0 Å². The summed E-state index contributed by atoms with van der Waals surface area (Å²) in [5, 5.41) is 19.6. The predicted molar refractivity (Wildman–Crippen MR) is 49.7 cm³/mol. The van der Waals surface area contributed by atoms with Gasteiger partial charge in [-0.25, -0.2) is 0 Å². The number of hydrogen-bond donors (Lipinski definition) is 1. The van der Waals surface area contributed by atoms with Crippen molar-refractivity contribution >= 4 is 5.88 Å². The zero-order chi connectivity index (χ0) is 10.6. The Labute approximate surface area is 80.1 Å². The van der Waals surface area contributed by atoms with Gasteiger partial charge in [-0.1, -0.05) is 18.7 Å². The number of furan rings is 1. The fourth-order valence-corrected chi connectivity index (χ4v) is 0.878. The van der Waals surface area contributed by atoms with Crippen LogP contribution in [0.1, 0.15) is 11.9 Å². The van der Waals surface area contributed by atoms with E-state index in [1.165, 1.54) is 30.4 Å². The highest BCUT2D eigenvalue weighted by Gasteiger charge is 2.15.